The van der Waals surface area contributed by atoms with Gasteiger partial charge in [0.05, 0.1) is 42.5 Å². The van der Waals surface area contributed by atoms with Crippen LogP contribution in [0.5, 0.6) is 5.75 Å². The van der Waals surface area contributed by atoms with Gasteiger partial charge in [0.1, 0.15) is 5.75 Å². The Morgan fingerprint density at radius 1 is 1.22 bits per heavy atom. The van der Waals surface area contributed by atoms with Crippen LogP contribution in [0.25, 0.3) is 5.69 Å². The van der Waals surface area contributed by atoms with E-state index in [1.165, 1.54) is 0 Å². The zero-order valence-corrected chi connectivity index (χ0v) is 15.4. The van der Waals surface area contributed by atoms with Crippen molar-refractivity contribution in [2.24, 2.45) is 0 Å². The number of methoxy groups -OCH3 is 1. The molecule has 6 heteroatoms. The molecule has 1 atom stereocenters. The van der Waals surface area contributed by atoms with Gasteiger partial charge in [-0.1, -0.05) is 18.2 Å². The number of para-hydroxylation sites is 1. The van der Waals surface area contributed by atoms with Gasteiger partial charge in [0.2, 0.25) is 0 Å². The van der Waals surface area contributed by atoms with E-state index in [9.17, 15) is 4.79 Å². The summed E-state index contributed by atoms with van der Waals surface area (Å²) < 4.78 is 7.25. The lowest BCUT2D eigenvalue weighted by atomic mass is 10.1. The smallest absolute Gasteiger partial charge is 0.255 e. The van der Waals surface area contributed by atoms with Gasteiger partial charge < -0.3 is 10.1 Å². The third-order valence-electron chi connectivity index (χ3n) is 4.87. The molecular weight excluding hydrogens is 340 g/mol. The molecule has 1 unspecified atom stereocenters. The molecule has 1 aliphatic carbocycles. The molecule has 2 heterocycles. The van der Waals surface area contributed by atoms with E-state index in [2.05, 4.69) is 15.4 Å². The number of carbonyl (C=O) groups excluding carboxylic acids is 1. The molecule has 4 rings (SSSR count). The molecule has 6 nitrogen and oxygen atoms in total. The Labute approximate surface area is 158 Å². The van der Waals surface area contributed by atoms with Crippen LogP contribution in [0, 0.1) is 0 Å². The number of carbonyl (C=O) groups is 1. The molecule has 0 saturated heterocycles. The maximum atomic E-state index is 13.0. The van der Waals surface area contributed by atoms with Crippen molar-refractivity contribution in [1.29, 1.82) is 0 Å². The number of aromatic nitrogens is 3. The van der Waals surface area contributed by atoms with Crippen LogP contribution in [0.15, 0.2) is 55.0 Å². The van der Waals surface area contributed by atoms with Gasteiger partial charge in [-0.2, -0.15) is 5.10 Å². The fourth-order valence-electron chi connectivity index (χ4n) is 3.33. The van der Waals surface area contributed by atoms with Crippen molar-refractivity contribution >= 4 is 5.91 Å². The largest absolute Gasteiger partial charge is 0.495 e. The average molecular weight is 362 g/mol. The number of nitrogens with zero attached hydrogens (tertiary/aromatic N) is 3. The van der Waals surface area contributed by atoms with Gasteiger partial charge in [-0.05, 0) is 38.0 Å². The van der Waals surface area contributed by atoms with Crippen LogP contribution in [0.1, 0.15) is 53.3 Å². The summed E-state index contributed by atoms with van der Waals surface area (Å²) in [5.41, 5.74) is 3.50. The van der Waals surface area contributed by atoms with Crippen LogP contribution < -0.4 is 10.1 Å². The summed E-state index contributed by atoms with van der Waals surface area (Å²) >= 11 is 0. The molecule has 0 spiro atoms. The van der Waals surface area contributed by atoms with Crippen molar-refractivity contribution in [2.75, 3.05) is 7.11 Å². The van der Waals surface area contributed by atoms with Gasteiger partial charge in [-0.15, -0.1) is 0 Å². The van der Waals surface area contributed by atoms with E-state index in [0.29, 0.717) is 17.2 Å². The van der Waals surface area contributed by atoms with Gasteiger partial charge >= 0.3 is 0 Å². The Bertz CT molecular complexity index is 948. The summed E-state index contributed by atoms with van der Waals surface area (Å²) in [6.45, 7) is 1.94. The lowest BCUT2D eigenvalue weighted by molar-refractivity contribution is 0.0938. The first-order valence-corrected chi connectivity index (χ1v) is 9.11. The summed E-state index contributed by atoms with van der Waals surface area (Å²) in [4.78, 5) is 17.1. The quantitative estimate of drug-likeness (QED) is 0.727. The molecule has 0 aliphatic heterocycles. The molecule has 1 aromatic carbocycles. The van der Waals surface area contributed by atoms with Crippen molar-refractivity contribution in [2.45, 2.75) is 31.7 Å². The Kier molecular flexibility index (Phi) is 4.62. The highest BCUT2D eigenvalue weighted by atomic mass is 16.5. The molecule has 1 fully saturated rings. The SMILES string of the molecule is COc1cnccc1C(C)NC(=O)c1cnn(-c2ccccc2)c1C1CC1. The molecule has 3 aromatic rings. The Hall–Kier alpha value is -3.15. The number of pyridine rings is 1. The second-order valence-corrected chi connectivity index (χ2v) is 6.78. The number of hydrogen-bond donors (Lipinski definition) is 1. The molecule has 138 valence electrons. The molecule has 1 aliphatic rings. The van der Waals surface area contributed by atoms with E-state index < -0.39 is 0 Å². The normalized spacial score (nSPS) is 14.6. The second kappa shape index (κ2) is 7.23. The van der Waals surface area contributed by atoms with Gasteiger partial charge in [0.25, 0.3) is 5.91 Å². The highest BCUT2D eigenvalue weighted by molar-refractivity contribution is 5.95. The maximum absolute atomic E-state index is 13.0. The lowest BCUT2D eigenvalue weighted by Crippen LogP contribution is -2.27. The van der Waals surface area contributed by atoms with E-state index in [1.54, 1.807) is 25.7 Å². The zero-order chi connectivity index (χ0) is 18.8. The Morgan fingerprint density at radius 2 is 2.00 bits per heavy atom. The van der Waals surface area contributed by atoms with Crippen molar-refractivity contribution < 1.29 is 9.53 Å². The third kappa shape index (κ3) is 3.43. The van der Waals surface area contributed by atoms with Crippen LogP contribution in [-0.2, 0) is 0 Å². The van der Waals surface area contributed by atoms with Crippen LogP contribution in [-0.4, -0.2) is 27.8 Å². The minimum Gasteiger partial charge on any atom is -0.495 e. The highest BCUT2D eigenvalue weighted by Gasteiger charge is 2.33. The fraction of sp³-hybridized carbons (Fsp3) is 0.286. The molecule has 27 heavy (non-hydrogen) atoms. The van der Waals surface area contributed by atoms with Gasteiger partial charge in [0, 0.05) is 17.7 Å². The molecule has 1 N–H and O–H groups in total. The van der Waals surface area contributed by atoms with Crippen LogP contribution >= 0.6 is 0 Å². The highest BCUT2D eigenvalue weighted by Crippen LogP contribution is 2.42. The minimum absolute atomic E-state index is 0.120. The Balaban J connectivity index is 1.62. The van der Waals surface area contributed by atoms with Crippen molar-refractivity contribution in [3.05, 3.63) is 71.8 Å². The number of amides is 1. The van der Waals surface area contributed by atoms with Gasteiger partial charge in [-0.3, -0.25) is 9.78 Å². The van der Waals surface area contributed by atoms with Crippen LogP contribution in [0.4, 0.5) is 0 Å². The standard InChI is InChI=1S/C21H22N4O2/c1-14(17-10-11-22-13-19(17)27-2)24-21(26)18-12-23-25(20(18)15-8-9-15)16-6-4-3-5-7-16/h3-7,10-15H,8-9H2,1-2H3,(H,24,26). The first kappa shape index (κ1) is 17.3. The number of nitrogens with one attached hydrogen (secondary N) is 1. The van der Waals surface area contributed by atoms with E-state index in [-0.39, 0.29) is 11.9 Å². The number of hydrogen-bond acceptors (Lipinski definition) is 4. The topological polar surface area (TPSA) is 69.0 Å². The van der Waals surface area contributed by atoms with E-state index >= 15 is 0 Å². The first-order chi connectivity index (χ1) is 13.2. The Morgan fingerprint density at radius 3 is 2.70 bits per heavy atom. The van der Waals surface area contributed by atoms with E-state index in [0.717, 1.165) is 29.8 Å². The predicted molar refractivity (Wildman–Crippen MR) is 102 cm³/mol. The summed E-state index contributed by atoms with van der Waals surface area (Å²) in [6, 6.07) is 11.6. The first-order valence-electron chi connectivity index (χ1n) is 9.11. The lowest BCUT2D eigenvalue weighted by Gasteiger charge is -2.17. The molecule has 0 radical (unpaired) electrons. The van der Waals surface area contributed by atoms with E-state index in [1.807, 2.05) is 48.0 Å². The fourth-order valence-corrected chi connectivity index (χ4v) is 3.33. The molecular formula is C21H22N4O2. The average Bonchev–Trinajstić information content (AvgIpc) is 3.46. The molecule has 1 amide bonds. The summed E-state index contributed by atoms with van der Waals surface area (Å²) in [5.74, 6) is 0.928. The minimum atomic E-state index is -0.206. The number of rotatable bonds is 6. The van der Waals surface area contributed by atoms with Crippen LogP contribution in [0.2, 0.25) is 0 Å². The summed E-state index contributed by atoms with van der Waals surface area (Å²) in [5, 5.41) is 7.58. The van der Waals surface area contributed by atoms with Crippen molar-refractivity contribution in [3.8, 4) is 11.4 Å². The number of benzene rings is 1. The van der Waals surface area contributed by atoms with Crippen molar-refractivity contribution in [3.63, 3.8) is 0 Å². The monoisotopic (exact) mass is 362 g/mol. The van der Waals surface area contributed by atoms with E-state index in [4.69, 9.17) is 4.74 Å². The third-order valence-corrected chi connectivity index (χ3v) is 4.87. The molecule has 1 saturated carbocycles. The zero-order valence-electron chi connectivity index (χ0n) is 15.4. The predicted octanol–water partition coefficient (Wildman–Crippen LogP) is 3.64. The maximum Gasteiger partial charge on any atom is 0.255 e. The summed E-state index contributed by atoms with van der Waals surface area (Å²) in [7, 11) is 1.60. The van der Waals surface area contributed by atoms with Crippen LogP contribution in [0.3, 0.4) is 0 Å². The van der Waals surface area contributed by atoms with Gasteiger partial charge in [-0.25, -0.2) is 4.68 Å². The summed E-state index contributed by atoms with van der Waals surface area (Å²) in [6.07, 6.45) is 7.20. The number of ether oxygens (including phenoxy) is 1. The molecule has 0 bridgehead atoms. The molecule has 2 aromatic heterocycles. The van der Waals surface area contributed by atoms with Crippen molar-refractivity contribution in [1.82, 2.24) is 20.1 Å². The van der Waals surface area contributed by atoms with Gasteiger partial charge in [0.15, 0.2) is 0 Å². The second-order valence-electron chi connectivity index (χ2n) is 6.78.